The maximum absolute atomic E-state index is 11.6. The van der Waals surface area contributed by atoms with Crippen LogP contribution in [0.5, 0.6) is 0 Å². The summed E-state index contributed by atoms with van der Waals surface area (Å²) in [6.45, 7) is 4.37. The summed E-state index contributed by atoms with van der Waals surface area (Å²) in [4.78, 5) is 24.5. The van der Waals surface area contributed by atoms with Crippen molar-refractivity contribution in [1.29, 1.82) is 0 Å². The van der Waals surface area contributed by atoms with Gasteiger partial charge in [0.1, 0.15) is 0 Å². The van der Waals surface area contributed by atoms with Crippen LogP contribution in [-0.2, 0) is 16.1 Å². The minimum absolute atomic E-state index is 0.0726. The highest BCUT2D eigenvalue weighted by atomic mass is 16.5. The fraction of sp³-hybridized carbons (Fsp3) is 0.667. The Labute approximate surface area is 112 Å². The zero-order valence-corrected chi connectivity index (χ0v) is 11.8. The topological polar surface area (TPSA) is 77.3 Å². The zero-order chi connectivity index (χ0) is 14.4. The highest BCUT2D eigenvalue weighted by molar-refractivity contribution is 5.88. The van der Waals surface area contributed by atoms with Gasteiger partial charge in [-0.1, -0.05) is 5.21 Å². The molecule has 1 aromatic rings. The molecule has 19 heavy (non-hydrogen) atoms. The number of amides is 1. The fourth-order valence-electron chi connectivity index (χ4n) is 1.56. The molecule has 0 aliphatic rings. The molecule has 0 aromatic carbocycles. The molecule has 0 fully saturated rings. The van der Waals surface area contributed by atoms with E-state index in [1.54, 1.807) is 37.5 Å². The van der Waals surface area contributed by atoms with Crippen molar-refractivity contribution < 1.29 is 14.3 Å². The molecule has 0 spiro atoms. The second kappa shape index (κ2) is 6.86. The Balaban J connectivity index is 2.56. The van der Waals surface area contributed by atoms with E-state index in [4.69, 9.17) is 4.74 Å². The molecule has 0 bridgehead atoms. The monoisotopic (exact) mass is 268 g/mol. The summed E-state index contributed by atoms with van der Waals surface area (Å²) in [5, 5.41) is 7.71. The Hall–Kier alpha value is -1.92. The third-order valence-electron chi connectivity index (χ3n) is 2.71. The van der Waals surface area contributed by atoms with E-state index in [0.717, 1.165) is 0 Å². The van der Waals surface area contributed by atoms with Gasteiger partial charge in [0, 0.05) is 27.1 Å². The third kappa shape index (κ3) is 4.04. The van der Waals surface area contributed by atoms with Crippen LogP contribution < -0.4 is 0 Å². The number of aromatic nitrogens is 3. The number of ether oxygens (including phenoxy) is 1. The van der Waals surface area contributed by atoms with Crippen LogP contribution in [0.15, 0.2) is 0 Å². The lowest BCUT2D eigenvalue weighted by molar-refractivity contribution is -0.128. The first kappa shape index (κ1) is 15.1. The predicted molar refractivity (Wildman–Crippen MR) is 68.6 cm³/mol. The van der Waals surface area contributed by atoms with E-state index in [0.29, 0.717) is 31.7 Å². The van der Waals surface area contributed by atoms with Crippen molar-refractivity contribution in [2.45, 2.75) is 33.2 Å². The van der Waals surface area contributed by atoms with Gasteiger partial charge >= 0.3 is 5.97 Å². The SMILES string of the molecule is CCOC(=O)c1nnn(CCCC(=O)N(C)C)c1C. The van der Waals surface area contributed by atoms with Gasteiger partial charge in [0.15, 0.2) is 5.69 Å². The first-order valence-corrected chi connectivity index (χ1v) is 6.24. The summed E-state index contributed by atoms with van der Waals surface area (Å²) >= 11 is 0. The van der Waals surface area contributed by atoms with Gasteiger partial charge in [-0.2, -0.15) is 0 Å². The quantitative estimate of drug-likeness (QED) is 0.707. The summed E-state index contributed by atoms with van der Waals surface area (Å²) in [6, 6.07) is 0. The number of rotatable bonds is 6. The molecule has 0 saturated carbocycles. The van der Waals surface area contributed by atoms with Crippen LogP contribution in [-0.4, -0.2) is 52.5 Å². The average Bonchev–Trinajstić information content (AvgIpc) is 2.71. The minimum Gasteiger partial charge on any atom is -0.461 e. The summed E-state index contributed by atoms with van der Waals surface area (Å²) < 4.78 is 6.50. The Morgan fingerprint density at radius 1 is 1.37 bits per heavy atom. The van der Waals surface area contributed by atoms with Gasteiger partial charge in [-0.25, -0.2) is 9.48 Å². The van der Waals surface area contributed by atoms with Crippen molar-refractivity contribution in [2.75, 3.05) is 20.7 Å². The molecule has 1 aromatic heterocycles. The van der Waals surface area contributed by atoms with Gasteiger partial charge in [0.05, 0.1) is 12.3 Å². The van der Waals surface area contributed by atoms with E-state index in [9.17, 15) is 9.59 Å². The largest absolute Gasteiger partial charge is 0.461 e. The van der Waals surface area contributed by atoms with Crippen LogP contribution in [0.25, 0.3) is 0 Å². The van der Waals surface area contributed by atoms with E-state index >= 15 is 0 Å². The smallest absolute Gasteiger partial charge is 0.360 e. The first-order valence-electron chi connectivity index (χ1n) is 6.24. The van der Waals surface area contributed by atoms with Crippen molar-refractivity contribution in [3.05, 3.63) is 11.4 Å². The van der Waals surface area contributed by atoms with E-state index in [-0.39, 0.29) is 11.6 Å². The number of aryl methyl sites for hydroxylation is 1. The first-order chi connectivity index (χ1) is 8.97. The molecule has 0 radical (unpaired) electrons. The molecule has 0 N–H and O–H groups in total. The standard InChI is InChI=1S/C12H20N4O3/c1-5-19-12(18)11-9(2)16(14-13-11)8-6-7-10(17)15(3)4/h5-8H2,1-4H3. The molecule has 1 rings (SSSR count). The zero-order valence-electron chi connectivity index (χ0n) is 11.8. The van der Waals surface area contributed by atoms with Crippen molar-refractivity contribution in [3.8, 4) is 0 Å². The summed E-state index contributed by atoms with van der Waals surface area (Å²) in [5.41, 5.74) is 0.900. The molecule has 0 aliphatic heterocycles. The lowest BCUT2D eigenvalue weighted by atomic mass is 10.2. The molecular weight excluding hydrogens is 248 g/mol. The molecule has 0 unspecified atom stereocenters. The van der Waals surface area contributed by atoms with Crippen LogP contribution in [0.3, 0.4) is 0 Å². The number of esters is 1. The molecule has 0 saturated heterocycles. The van der Waals surface area contributed by atoms with Crippen molar-refractivity contribution in [1.82, 2.24) is 19.9 Å². The highest BCUT2D eigenvalue weighted by Crippen LogP contribution is 2.07. The fourth-order valence-corrected chi connectivity index (χ4v) is 1.56. The molecule has 7 nitrogen and oxygen atoms in total. The lowest BCUT2D eigenvalue weighted by Crippen LogP contribution is -2.21. The lowest BCUT2D eigenvalue weighted by Gasteiger charge is -2.09. The second-order valence-corrected chi connectivity index (χ2v) is 4.36. The molecule has 0 atom stereocenters. The van der Waals surface area contributed by atoms with E-state index in [1.165, 1.54) is 0 Å². The summed E-state index contributed by atoms with van der Waals surface area (Å²) in [7, 11) is 3.45. The molecule has 106 valence electrons. The Morgan fingerprint density at radius 3 is 2.63 bits per heavy atom. The molecule has 1 heterocycles. The Kier molecular flexibility index (Phi) is 5.47. The van der Waals surface area contributed by atoms with Gasteiger partial charge < -0.3 is 9.64 Å². The Morgan fingerprint density at radius 2 is 2.05 bits per heavy atom. The average molecular weight is 268 g/mol. The van der Waals surface area contributed by atoms with Crippen LogP contribution in [0.2, 0.25) is 0 Å². The van der Waals surface area contributed by atoms with Gasteiger partial charge in [0.25, 0.3) is 0 Å². The van der Waals surface area contributed by atoms with Gasteiger partial charge in [-0.3, -0.25) is 4.79 Å². The van der Waals surface area contributed by atoms with Crippen molar-refractivity contribution in [2.24, 2.45) is 0 Å². The molecular formula is C12H20N4O3. The Bertz CT molecular complexity index is 454. The van der Waals surface area contributed by atoms with Crippen LogP contribution in [0.1, 0.15) is 35.9 Å². The van der Waals surface area contributed by atoms with Crippen molar-refractivity contribution in [3.63, 3.8) is 0 Å². The summed E-state index contributed by atoms with van der Waals surface area (Å²) in [5.74, 6) is -0.390. The molecule has 1 amide bonds. The highest BCUT2D eigenvalue weighted by Gasteiger charge is 2.17. The van der Waals surface area contributed by atoms with Crippen LogP contribution >= 0.6 is 0 Å². The number of hydrogen-bond donors (Lipinski definition) is 0. The maximum Gasteiger partial charge on any atom is 0.360 e. The maximum atomic E-state index is 11.6. The predicted octanol–water partition coefficient (Wildman–Crippen LogP) is 0.632. The number of nitrogens with zero attached hydrogens (tertiary/aromatic N) is 4. The minimum atomic E-state index is -0.462. The van der Waals surface area contributed by atoms with Crippen LogP contribution in [0, 0.1) is 6.92 Å². The molecule has 0 aliphatic carbocycles. The second-order valence-electron chi connectivity index (χ2n) is 4.36. The number of carbonyl (C=O) groups is 2. The normalized spacial score (nSPS) is 10.3. The van der Waals surface area contributed by atoms with E-state index < -0.39 is 5.97 Å². The number of carbonyl (C=O) groups excluding carboxylic acids is 2. The van der Waals surface area contributed by atoms with Crippen molar-refractivity contribution >= 4 is 11.9 Å². The van der Waals surface area contributed by atoms with Gasteiger partial charge in [0.2, 0.25) is 5.91 Å². The summed E-state index contributed by atoms with van der Waals surface area (Å²) in [6.07, 6.45) is 1.10. The number of hydrogen-bond acceptors (Lipinski definition) is 5. The van der Waals surface area contributed by atoms with Gasteiger partial charge in [-0.15, -0.1) is 5.10 Å². The van der Waals surface area contributed by atoms with E-state index in [1.807, 2.05) is 0 Å². The van der Waals surface area contributed by atoms with Gasteiger partial charge in [-0.05, 0) is 20.3 Å². The van der Waals surface area contributed by atoms with Crippen LogP contribution in [0.4, 0.5) is 0 Å². The third-order valence-corrected chi connectivity index (χ3v) is 2.71. The van der Waals surface area contributed by atoms with E-state index in [2.05, 4.69) is 10.3 Å². The molecule has 7 heteroatoms.